The van der Waals surface area contributed by atoms with Crippen molar-refractivity contribution in [3.63, 3.8) is 0 Å². The Kier molecular flexibility index (Phi) is 3.92. The Balaban J connectivity index is 2.06. The smallest absolute Gasteiger partial charge is 0.418 e. The van der Waals surface area contributed by atoms with E-state index in [1.54, 1.807) is 0 Å². The molecule has 9 heteroatoms. The molecule has 1 aliphatic heterocycles. The van der Waals surface area contributed by atoms with Crippen molar-refractivity contribution in [2.45, 2.75) is 6.18 Å². The lowest BCUT2D eigenvalue weighted by Gasteiger charge is -2.14. The van der Waals surface area contributed by atoms with E-state index in [4.69, 9.17) is 5.73 Å². The Labute approximate surface area is 117 Å². The third kappa shape index (κ3) is 3.56. The lowest BCUT2D eigenvalue weighted by molar-refractivity contribution is -0.136. The number of nitrogens with one attached hydrogen (secondary N) is 1. The van der Waals surface area contributed by atoms with E-state index in [-0.39, 0.29) is 25.4 Å². The molecule has 0 saturated carbocycles. The largest absolute Gasteiger partial charge is 0.448 e. The van der Waals surface area contributed by atoms with Crippen LogP contribution in [-0.2, 0) is 15.7 Å². The van der Waals surface area contributed by atoms with Crippen LogP contribution in [0.4, 0.5) is 29.3 Å². The molecular weight excluding hydrogens is 291 g/mol. The molecular formula is C12H12F3N3O3. The molecule has 6 nitrogen and oxygen atoms in total. The number of carbonyl (C=O) groups is 2. The Morgan fingerprint density at radius 2 is 2.14 bits per heavy atom. The van der Waals surface area contributed by atoms with Crippen molar-refractivity contribution in [3.05, 3.63) is 23.8 Å². The molecule has 2 rings (SSSR count). The summed E-state index contributed by atoms with van der Waals surface area (Å²) < 4.78 is 42.7. The van der Waals surface area contributed by atoms with Gasteiger partial charge in [0.2, 0.25) is 5.91 Å². The number of cyclic esters (lactones) is 1. The van der Waals surface area contributed by atoms with Gasteiger partial charge in [0, 0.05) is 11.4 Å². The van der Waals surface area contributed by atoms with E-state index < -0.39 is 29.4 Å². The maximum atomic E-state index is 12.7. The predicted molar refractivity (Wildman–Crippen MR) is 67.4 cm³/mol. The van der Waals surface area contributed by atoms with Crippen LogP contribution in [0, 0.1) is 0 Å². The van der Waals surface area contributed by atoms with Crippen LogP contribution in [0.5, 0.6) is 0 Å². The average Bonchev–Trinajstić information content (AvgIpc) is 2.76. The quantitative estimate of drug-likeness (QED) is 0.832. The maximum Gasteiger partial charge on any atom is 0.418 e. The number of hydrogen-bond acceptors (Lipinski definition) is 4. The first-order chi connectivity index (χ1) is 9.77. The van der Waals surface area contributed by atoms with E-state index in [0.29, 0.717) is 0 Å². The number of nitrogens with zero attached hydrogens (tertiary/aromatic N) is 1. The van der Waals surface area contributed by atoms with Gasteiger partial charge in [-0.05, 0) is 18.2 Å². The molecule has 114 valence electrons. The van der Waals surface area contributed by atoms with Crippen LogP contribution in [0.15, 0.2) is 18.2 Å². The van der Waals surface area contributed by atoms with Crippen LogP contribution < -0.4 is 11.1 Å². The van der Waals surface area contributed by atoms with E-state index in [0.717, 1.165) is 17.0 Å². The van der Waals surface area contributed by atoms with E-state index in [2.05, 4.69) is 10.1 Å². The molecule has 1 fully saturated rings. The van der Waals surface area contributed by atoms with Crippen molar-refractivity contribution in [1.29, 1.82) is 0 Å². The lowest BCUT2D eigenvalue weighted by Crippen LogP contribution is -2.33. The molecule has 1 aromatic carbocycles. The summed E-state index contributed by atoms with van der Waals surface area (Å²) in [5.74, 6) is -0.619. The topological polar surface area (TPSA) is 84.7 Å². The van der Waals surface area contributed by atoms with Gasteiger partial charge in [-0.3, -0.25) is 9.69 Å². The van der Waals surface area contributed by atoms with Gasteiger partial charge in [0.15, 0.2) is 0 Å². The number of alkyl halides is 3. The zero-order valence-corrected chi connectivity index (χ0v) is 10.7. The van der Waals surface area contributed by atoms with Crippen LogP contribution >= 0.6 is 0 Å². The van der Waals surface area contributed by atoms with Gasteiger partial charge in [-0.1, -0.05) is 0 Å². The van der Waals surface area contributed by atoms with E-state index in [1.807, 2.05) is 0 Å². The molecule has 1 aromatic rings. The number of benzene rings is 1. The number of rotatable bonds is 3. The minimum atomic E-state index is -4.61. The van der Waals surface area contributed by atoms with Gasteiger partial charge in [-0.15, -0.1) is 0 Å². The van der Waals surface area contributed by atoms with Gasteiger partial charge in [0.05, 0.1) is 12.1 Å². The first kappa shape index (κ1) is 14.9. The van der Waals surface area contributed by atoms with Gasteiger partial charge in [0.25, 0.3) is 0 Å². The molecule has 0 aromatic heterocycles. The number of ether oxygens (including phenoxy) is 1. The molecule has 0 atom stereocenters. The van der Waals surface area contributed by atoms with Gasteiger partial charge in [-0.25, -0.2) is 4.79 Å². The molecule has 2 amide bonds. The summed E-state index contributed by atoms with van der Waals surface area (Å²) in [5.41, 5.74) is 3.75. The summed E-state index contributed by atoms with van der Waals surface area (Å²) in [7, 11) is 0. The Morgan fingerprint density at radius 1 is 1.43 bits per heavy atom. The second-order valence-electron chi connectivity index (χ2n) is 4.38. The molecule has 21 heavy (non-hydrogen) atoms. The number of amides is 2. The highest BCUT2D eigenvalue weighted by Crippen LogP contribution is 2.35. The Morgan fingerprint density at radius 3 is 2.71 bits per heavy atom. The highest BCUT2D eigenvalue weighted by atomic mass is 19.4. The zero-order valence-electron chi connectivity index (χ0n) is 10.7. The Bertz CT molecular complexity index is 575. The Hall–Kier alpha value is -2.45. The average molecular weight is 303 g/mol. The minimum Gasteiger partial charge on any atom is -0.448 e. The molecule has 1 saturated heterocycles. The van der Waals surface area contributed by atoms with Gasteiger partial charge < -0.3 is 15.8 Å². The van der Waals surface area contributed by atoms with Crippen LogP contribution in [-0.4, -0.2) is 36.6 Å². The third-order valence-electron chi connectivity index (χ3n) is 2.82. The number of halogens is 3. The lowest BCUT2D eigenvalue weighted by atomic mass is 10.1. The molecule has 1 heterocycles. The molecule has 0 radical (unpaired) electrons. The fraction of sp³-hybridized carbons (Fsp3) is 0.333. The van der Waals surface area contributed by atoms with Crippen LogP contribution in [0.1, 0.15) is 5.56 Å². The molecule has 0 aliphatic carbocycles. The van der Waals surface area contributed by atoms with Crippen molar-refractivity contribution >= 4 is 23.4 Å². The summed E-state index contributed by atoms with van der Waals surface area (Å²) in [6.45, 7) is 0.165. The highest BCUT2D eigenvalue weighted by Gasteiger charge is 2.33. The van der Waals surface area contributed by atoms with Crippen LogP contribution in [0.25, 0.3) is 0 Å². The number of nitrogens with two attached hydrogens (primary N) is 1. The van der Waals surface area contributed by atoms with E-state index in [1.165, 1.54) is 6.07 Å². The van der Waals surface area contributed by atoms with Gasteiger partial charge in [-0.2, -0.15) is 13.2 Å². The van der Waals surface area contributed by atoms with Crippen LogP contribution in [0.3, 0.4) is 0 Å². The molecule has 0 unspecified atom stereocenters. The van der Waals surface area contributed by atoms with Crippen molar-refractivity contribution in [1.82, 2.24) is 4.90 Å². The summed E-state index contributed by atoms with van der Waals surface area (Å²) in [4.78, 5) is 24.0. The van der Waals surface area contributed by atoms with Crippen molar-refractivity contribution < 1.29 is 27.5 Å². The van der Waals surface area contributed by atoms with Crippen molar-refractivity contribution in [3.8, 4) is 0 Å². The molecule has 0 bridgehead atoms. The van der Waals surface area contributed by atoms with E-state index in [9.17, 15) is 22.8 Å². The molecule has 3 N–H and O–H groups in total. The van der Waals surface area contributed by atoms with Crippen molar-refractivity contribution in [2.75, 3.05) is 30.7 Å². The van der Waals surface area contributed by atoms with E-state index >= 15 is 0 Å². The number of nitrogen functional groups attached to an aromatic ring is 1. The highest BCUT2D eigenvalue weighted by molar-refractivity contribution is 5.94. The minimum absolute atomic E-state index is 0.0471. The fourth-order valence-electron chi connectivity index (χ4n) is 1.82. The normalized spacial score (nSPS) is 15.0. The SMILES string of the molecule is Nc1ccc(NC(=O)CN2CCOC2=O)cc1C(F)(F)F. The van der Waals surface area contributed by atoms with Crippen LogP contribution in [0.2, 0.25) is 0 Å². The zero-order chi connectivity index (χ0) is 15.6. The summed E-state index contributed by atoms with van der Waals surface area (Å²) in [6.07, 6.45) is -5.23. The van der Waals surface area contributed by atoms with Crippen molar-refractivity contribution in [2.24, 2.45) is 0 Å². The first-order valence-corrected chi connectivity index (χ1v) is 5.95. The molecule has 0 spiro atoms. The monoisotopic (exact) mass is 303 g/mol. The number of hydrogen-bond donors (Lipinski definition) is 2. The first-order valence-electron chi connectivity index (χ1n) is 5.95. The summed E-state index contributed by atoms with van der Waals surface area (Å²) in [5, 5.41) is 2.29. The second-order valence-corrected chi connectivity index (χ2v) is 4.38. The summed E-state index contributed by atoms with van der Waals surface area (Å²) in [6, 6.07) is 3.06. The molecule has 1 aliphatic rings. The summed E-state index contributed by atoms with van der Waals surface area (Å²) >= 11 is 0. The predicted octanol–water partition coefficient (Wildman–Crippen LogP) is 1.68. The standard InChI is InChI=1S/C12H12F3N3O3/c13-12(14,15)8-5-7(1-2-9(8)16)17-10(19)6-18-3-4-21-11(18)20/h1-2,5H,3-4,6,16H2,(H,17,19). The second kappa shape index (κ2) is 5.51. The van der Waals surface area contributed by atoms with Gasteiger partial charge in [0.1, 0.15) is 13.2 Å². The third-order valence-corrected chi connectivity index (χ3v) is 2.82. The number of anilines is 2. The number of carbonyl (C=O) groups excluding carboxylic acids is 2. The van der Waals surface area contributed by atoms with Gasteiger partial charge >= 0.3 is 12.3 Å². The maximum absolute atomic E-state index is 12.7. The fourth-order valence-corrected chi connectivity index (χ4v) is 1.82.